The van der Waals surface area contributed by atoms with E-state index in [2.05, 4.69) is 10.1 Å². The van der Waals surface area contributed by atoms with E-state index in [0.29, 0.717) is 28.7 Å². The van der Waals surface area contributed by atoms with E-state index in [-0.39, 0.29) is 30.3 Å². The predicted molar refractivity (Wildman–Crippen MR) is 103 cm³/mol. The second-order valence-electron chi connectivity index (χ2n) is 7.56. The molecule has 2 amide bonds. The summed E-state index contributed by atoms with van der Waals surface area (Å²) in [5.74, 6) is -1.69. The monoisotopic (exact) mass is 437 g/mol. The summed E-state index contributed by atoms with van der Waals surface area (Å²) in [6, 6.07) is 2.29. The third-order valence-corrected chi connectivity index (χ3v) is 5.38. The molecule has 0 bridgehead atoms. The molecule has 0 saturated carbocycles. The van der Waals surface area contributed by atoms with Gasteiger partial charge in [-0.15, -0.1) is 0 Å². The molecule has 7 nitrogen and oxygen atoms in total. The predicted octanol–water partition coefficient (Wildman–Crippen LogP) is 3.15. The van der Waals surface area contributed by atoms with E-state index in [1.165, 1.54) is 27.9 Å². The molecule has 164 valence electrons. The molecule has 11 heteroatoms. The van der Waals surface area contributed by atoms with Crippen molar-refractivity contribution in [3.63, 3.8) is 0 Å². The highest BCUT2D eigenvalue weighted by Gasteiger charge is 2.38. The van der Waals surface area contributed by atoms with Crippen LogP contribution in [-0.2, 0) is 13.1 Å². The third-order valence-electron chi connectivity index (χ3n) is 5.38. The molecule has 1 aliphatic rings. The van der Waals surface area contributed by atoms with Crippen molar-refractivity contribution < 1.29 is 27.2 Å². The first-order chi connectivity index (χ1) is 14.5. The number of carbonyl (C=O) groups is 2. The number of aromatic amines is 1. The highest BCUT2D eigenvalue weighted by Crippen LogP contribution is 2.25. The average Bonchev–Trinajstić information content (AvgIpc) is 3.30. The maximum atomic E-state index is 13.6. The number of nitrogens with zero attached hydrogens (tertiary/aromatic N) is 3. The van der Waals surface area contributed by atoms with Crippen LogP contribution in [0.25, 0.3) is 10.9 Å². The lowest BCUT2D eigenvalue weighted by Gasteiger charge is -2.28. The summed E-state index contributed by atoms with van der Waals surface area (Å²) in [6.07, 6.45) is -3.37. The summed E-state index contributed by atoms with van der Waals surface area (Å²) < 4.78 is 53.5. The summed E-state index contributed by atoms with van der Waals surface area (Å²) in [7, 11) is 0. The summed E-state index contributed by atoms with van der Waals surface area (Å²) in [5.41, 5.74) is 1.77. The minimum atomic E-state index is -4.57. The smallest absolute Gasteiger partial charge is 0.350 e. The van der Waals surface area contributed by atoms with Crippen LogP contribution < -0.4 is 5.32 Å². The van der Waals surface area contributed by atoms with E-state index in [0.717, 1.165) is 6.92 Å². The molecule has 0 fully saturated rings. The lowest BCUT2D eigenvalue weighted by atomic mass is 10.1. The molecule has 0 radical (unpaired) electrons. The topological polar surface area (TPSA) is 83.0 Å². The van der Waals surface area contributed by atoms with Crippen LogP contribution in [0.15, 0.2) is 24.4 Å². The third kappa shape index (κ3) is 3.87. The minimum Gasteiger partial charge on any atom is -0.350 e. The Kier molecular flexibility index (Phi) is 4.98. The van der Waals surface area contributed by atoms with Crippen LogP contribution in [0.4, 0.5) is 17.6 Å². The Morgan fingerprint density at radius 2 is 1.97 bits per heavy atom. The number of aromatic nitrogens is 3. The number of alkyl halides is 3. The Bertz CT molecular complexity index is 1180. The van der Waals surface area contributed by atoms with Crippen molar-refractivity contribution in [1.29, 1.82) is 0 Å². The van der Waals surface area contributed by atoms with Crippen molar-refractivity contribution in [3.8, 4) is 0 Å². The molecule has 1 aromatic carbocycles. The number of fused-ring (bicyclic) bond motifs is 2. The molecule has 4 rings (SSSR count). The van der Waals surface area contributed by atoms with Crippen molar-refractivity contribution in [1.82, 2.24) is 25.0 Å². The fraction of sp³-hybridized carbons (Fsp3) is 0.350. The van der Waals surface area contributed by atoms with Gasteiger partial charge in [0.15, 0.2) is 0 Å². The number of hydrogen-bond acceptors (Lipinski definition) is 3. The highest BCUT2D eigenvalue weighted by atomic mass is 19.4. The molecule has 1 unspecified atom stereocenters. The van der Waals surface area contributed by atoms with Crippen LogP contribution >= 0.6 is 0 Å². The SMILES string of the molecule is Cc1cc(F)cc2[nH]c(C(=O)N3CCn4ncc(C(=O)NC(C)C(F)(F)F)c4C3)cc12. The van der Waals surface area contributed by atoms with Crippen molar-refractivity contribution in [2.75, 3.05) is 6.54 Å². The lowest BCUT2D eigenvalue weighted by Crippen LogP contribution is -2.44. The number of amides is 2. The van der Waals surface area contributed by atoms with E-state index in [9.17, 15) is 27.2 Å². The molecule has 0 saturated heterocycles. The Morgan fingerprint density at radius 1 is 1.23 bits per heavy atom. The minimum absolute atomic E-state index is 0.00466. The molecule has 3 aromatic rings. The highest BCUT2D eigenvalue weighted by molar-refractivity contribution is 5.99. The number of rotatable bonds is 3. The number of carbonyl (C=O) groups excluding carboxylic acids is 2. The van der Waals surface area contributed by atoms with E-state index in [4.69, 9.17) is 0 Å². The van der Waals surface area contributed by atoms with Crippen LogP contribution in [0.3, 0.4) is 0 Å². The first-order valence-electron chi connectivity index (χ1n) is 9.55. The first kappa shape index (κ1) is 20.9. The molecule has 0 aliphatic carbocycles. The van der Waals surface area contributed by atoms with Crippen molar-refractivity contribution >= 4 is 22.7 Å². The van der Waals surface area contributed by atoms with Gasteiger partial charge in [-0.2, -0.15) is 18.3 Å². The number of hydrogen-bond donors (Lipinski definition) is 2. The molecular formula is C20H19F4N5O2. The van der Waals surface area contributed by atoms with Gasteiger partial charge < -0.3 is 15.2 Å². The van der Waals surface area contributed by atoms with Crippen LogP contribution in [0.2, 0.25) is 0 Å². The van der Waals surface area contributed by atoms with Gasteiger partial charge in [-0.25, -0.2) is 4.39 Å². The molecule has 0 spiro atoms. The molecule has 2 N–H and O–H groups in total. The number of aryl methyl sites for hydroxylation is 1. The van der Waals surface area contributed by atoms with E-state index >= 15 is 0 Å². The normalized spacial score (nSPS) is 15.1. The molecule has 1 atom stereocenters. The van der Waals surface area contributed by atoms with Crippen molar-refractivity contribution in [2.45, 2.75) is 39.2 Å². The second-order valence-corrected chi connectivity index (χ2v) is 7.56. The summed E-state index contributed by atoms with van der Waals surface area (Å²) >= 11 is 0. The largest absolute Gasteiger partial charge is 0.408 e. The fourth-order valence-electron chi connectivity index (χ4n) is 3.63. The average molecular weight is 437 g/mol. The van der Waals surface area contributed by atoms with E-state index in [1.807, 2.05) is 5.32 Å². The van der Waals surface area contributed by atoms with Gasteiger partial charge in [-0.3, -0.25) is 14.3 Å². The quantitative estimate of drug-likeness (QED) is 0.618. The Morgan fingerprint density at radius 3 is 2.68 bits per heavy atom. The first-order valence-corrected chi connectivity index (χ1v) is 9.55. The van der Waals surface area contributed by atoms with Gasteiger partial charge in [0.05, 0.1) is 30.5 Å². The number of halogens is 4. The molecular weight excluding hydrogens is 418 g/mol. The van der Waals surface area contributed by atoms with E-state index in [1.54, 1.807) is 13.0 Å². The van der Waals surface area contributed by atoms with Crippen molar-refractivity contribution in [2.24, 2.45) is 0 Å². The van der Waals surface area contributed by atoms with Gasteiger partial charge in [0, 0.05) is 17.4 Å². The van der Waals surface area contributed by atoms with Crippen molar-refractivity contribution in [3.05, 3.63) is 52.7 Å². The van der Waals surface area contributed by atoms with Crippen LogP contribution in [0, 0.1) is 12.7 Å². The van der Waals surface area contributed by atoms with Crippen LogP contribution in [0.5, 0.6) is 0 Å². The van der Waals surface area contributed by atoms with Gasteiger partial charge in [-0.05, 0) is 37.6 Å². The second kappa shape index (κ2) is 7.40. The number of benzene rings is 1. The maximum absolute atomic E-state index is 13.6. The lowest BCUT2D eigenvalue weighted by molar-refractivity contribution is -0.149. The zero-order valence-electron chi connectivity index (χ0n) is 16.7. The zero-order valence-corrected chi connectivity index (χ0v) is 16.7. The summed E-state index contributed by atoms with van der Waals surface area (Å²) in [6.45, 7) is 3.18. The van der Waals surface area contributed by atoms with Crippen LogP contribution in [-0.4, -0.2) is 50.2 Å². The zero-order chi connectivity index (χ0) is 22.5. The van der Waals surface area contributed by atoms with E-state index < -0.39 is 23.9 Å². The van der Waals surface area contributed by atoms with Gasteiger partial charge >= 0.3 is 6.18 Å². The van der Waals surface area contributed by atoms with Gasteiger partial charge in [-0.1, -0.05) is 0 Å². The molecule has 3 heterocycles. The van der Waals surface area contributed by atoms with Gasteiger partial charge in [0.1, 0.15) is 17.6 Å². The fourth-order valence-corrected chi connectivity index (χ4v) is 3.63. The molecule has 1 aliphatic heterocycles. The Balaban J connectivity index is 1.56. The maximum Gasteiger partial charge on any atom is 0.408 e. The summed E-state index contributed by atoms with van der Waals surface area (Å²) in [4.78, 5) is 29.8. The number of H-pyrrole nitrogens is 1. The summed E-state index contributed by atoms with van der Waals surface area (Å²) in [5, 5.41) is 6.69. The van der Waals surface area contributed by atoms with Gasteiger partial charge in [0.2, 0.25) is 0 Å². The molecule has 31 heavy (non-hydrogen) atoms. The standard InChI is InChI=1S/C20H19F4N5O2/c1-10-5-12(21)6-15-13(10)7-16(27-15)19(31)28-3-4-29-17(9-28)14(8-25-29)18(30)26-11(2)20(22,23)24/h5-8,11,27H,3-4,9H2,1-2H3,(H,26,30). The van der Waals surface area contributed by atoms with Crippen LogP contribution in [0.1, 0.15) is 39.0 Å². The molecule has 2 aromatic heterocycles. The Hall–Kier alpha value is -3.37. The van der Waals surface area contributed by atoms with Gasteiger partial charge in [0.25, 0.3) is 11.8 Å². The Labute approximate surface area is 174 Å². The number of nitrogens with one attached hydrogen (secondary N) is 2.